The van der Waals surface area contributed by atoms with Crippen LogP contribution in [-0.2, 0) is 16.6 Å². The van der Waals surface area contributed by atoms with Crippen LogP contribution in [0.2, 0.25) is 0 Å². The van der Waals surface area contributed by atoms with Gasteiger partial charge in [0.25, 0.3) is 0 Å². The molecular formula is C11H15BrFNO3S. The molecule has 1 aromatic carbocycles. The van der Waals surface area contributed by atoms with Gasteiger partial charge in [-0.3, -0.25) is 0 Å². The first-order chi connectivity index (χ1) is 8.34. The summed E-state index contributed by atoms with van der Waals surface area (Å²) in [5.41, 5.74) is -0.0483. The quantitative estimate of drug-likeness (QED) is 0.893. The van der Waals surface area contributed by atoms with Gasteiger partial charge in [-0.25, -0.2) is 17.1 Å². The van der Waals surface area contributed by atoms with Crippen molar-refractivity contribution in [3.8, 4) is 0 Å². The molecule has 0 aliphatic carbocycles. The van der Waals surface area contributed by atoms with Crippen LogP contribution < -0.4 is 0 Å². The first kappa shape index (κ1) is 15.6. The molecule has 0 radical (unpaired) electrons. The van der Waals surface area contributed by atoms with Crippen LogP contribution in [0, 0.1) is 5.82 Å². The van der Waals surface area contributed by atoms with Crippen LogP contribution >= 0.6 is 15.9 Å². The highest BCUT2D eigenvalue weighted by atomic mass is 79.9. The minimum absolute atomic E-state index is 0.0483. The molecule has 18 heavy (non-hydrogen) atoms. The standard InChI is InChI=1S/C11H15BrFNO3S/c1-3-4-14(2)18(16,17)10-6-9(12)5-8(7-15)11(10)13/h5-6,15H,3-4,7H2,1-2H3. The number of aliphatic hydroxyl groups excluding tert-OH is 1. The molecule has 0 spiro atoms. The molecule has 1 N–H and O–H groups in total. The van der Waals surface area contributed by atoms with E-state index < -0.39 is 27.3 Å². The van der Waals surface area contributed by atoms with Crippen molar-refractivity contribution in [2.45, 2.75) is 24.8 Å². The zero-order valence-electron chi connectivity index (χ0n) is 10.2. The molecule has 0 saturated carbocycles. The molecule has 1 rings (SSSR count). The van der Waals surface area contributed by atoms with Crippen molar-refractivity contribution in [2.24, 2.45) is 0 Å². The normalized spacial score (nSPS) is 12.1. The molecule has 4 nitrogen and oxygen atoms in total. The highest BCUT2D eigenvalue weighted by molar-refractivity contribution is 9.10. The molecular weight excluding hydrogens is 325 g/mol. The fourth-order valence-corrected chi connectivity index (χ4v) is 3.57. The van der Waals surface area contributed by atoms with Crippen molar-refractivity contribution in [1.82, 2.24) is 4.31 Å². The Hall–Kier alpha value is -0.500. The summed E-state index contributed by atoms with van der Waals surface area (Å²) in [6.07, 6.45) is 0.637. The number of benzene rings is 1. The molecule has 0 amide bonds. The number of aliphatic hydroxyl groups is 1. The summed E-state index contributed by atoms with van der Waals surface area (Å²) in [6, 6.07) is 2.56. The molecule has 0 unspecified atom stereocenters. The zero-order chi connectivity index (χ0) is 13.9. The summed E-state index contributed by atoms with van der Waals surface area (Å²) in [4.78, 5) is -0.420. The molecule has 0 aliphatic heterocycles. The van der Waals surface area contributed by atoms with Crippen molar-refractivity contribution < 1.29 is 17.9 Å². The number of nitrogens with zero attached hydrogens (tertiary/aromatic N) is 1. The van der Waals surface area contributed by atoms with E-state index in [1.807, 2.05) is 6.92 Å². The van der Waals surface area contributed by atoms with Crippen molar-refractivity contribution in [2.75, 3.05) is 13.6 Å². The van der Waals surface area contributed by atoms with Gasteiger partial charge in [0.05, 0.1) is 6.61 Å². The molecule has 0 bridgehead atoms. The number of sulfonamides is 1. The van der Waals surface area contributed by atoms with E-state index >= 15 is 0 Å². The van der Waals surface area contributed by atoms with Gasteiger partial charge in [0.15, 0.2) is 0 Å². The molecule has 0 aliphatic rings. The Morgan fingerprint density at radius 2 is 2.06 bits per heavy atom. The summed E-state index contributed by atoms with van der Waals surface area (Å²) < 4.78 is 39.8. The first-order valence-corrected chi connectivity index (χ1v) is 7.63. The Balaban J connectivity index is 3.37. The van der Waals surface area contributed by atoms with Gasteiger partial charge in [-0.15, -0.1) is 0 Å². The lowest BCUT2D eigenvalue weighted by Gasteiger charge is -2.17. The number of rotatable bonds is 5. The maximum absolute atomic E-state index is 14.0. The lowest BCUT2D eigenvalue weighted by Crippen LogP contribution is -2.28. The first-order valence-electron chi connectivity index (χ1n) is 5.39. The second kappa shape index (κ2) is 6.10. The minimum atomic E-state index is -3.87. The monoisotopic (exact) mass is 339 g/mol. The summed E-state index contributed by atoms with van der Waals surface area (Å²) in [7, 11) is -2.47. The third kappa shape index (κ3) is 3.09. The van der Waals surface area contributed by atoms with Gasteiger partial charge in [0.1, 0.15) is 10.7 Å². The van der Waals surface area contributed by atoms with Crippen molar-refractivity contribution in [3.05, 3.63) is 28.0 Å². The van der Waals surface area contributed by atoms with E-state index in [0.29, 0.717) is 17.4 Å². The fourth-order valence-electron chi connectivity index (χ4n) is 1.52. The van der Waals surface area contributed by atoms with E-state index in [2.05, 4.69) is 15.9 Å². The Kier molecular flexibility index (Phi) is 5.27. The van der Waals surface area contributed by atoms with Crippen LogP contribution in [0.15, 0.2) is 21.5 Å². The van der Waals surface area contributed by atoms with Crippen LogP contribution in [0.1, 0.15) is 18.9 Å². The van der Waals surface area contributed by atoms with Crippen molar-refractivity contribution >= 4 is 26.0 Å². The van der Waals surface area contributed by atoms with Crippen LogP contribution in [-0.4, -0.2) is 31.4 Å². The molecule has 7 heteroatoms. The van der Waals surface area contributed by atoms with E-state index in [1.165, 1.54) is 19.2 Å². The molecule has 0 heterocycles. The Morgan fingerprint density at radius 1 is 1.44 bits per heavy atom. The zero-order valence-corrected chi connectivity index (χ0v) is 12.6. The van der Waals surface area contributed by atoms with Gasteiger partial charge in [0.2, 0.25) is 10.0 Å². The lowest BCUT2D eigenvalue weighted by molar-refractivity contribution is 0.274. The summed E-state index contributed by atoms with van der Waals surface area (Å²) in [6.45, 7) is 1.59. The van der Waals surface area contributed by atoms with E-state index in [0.717, 1.165) is 4.31 Å². The van der Waals surface area contributed by atoms with Gasteiger partial charge in [-0.05, 0) is 18.6 Å². The second-order valence-corrected chi connectivity index (χ2v) is 6.79. The lowest BCUT2D eigenvalue weighted by atomic mass is 10.2. The van der Waals surface area contributed by atoms with Crippen molar-refractivity contribution in [3.63, 3.8) is 0 Å². The van der Waals surface area contributed by atoms with Crippen LogP contribution in [0.4, 0.5) is 4.39 Å². The highest BCUT2D eigenvalue weighted by Crippen LogP contribution is 2.26. The van der Waals surface area contributed by atoms with Crippen LogP contribution in [0.25, 0.3) is 0 Å². The summed E-state index contributed by atoms with van der Waals surface area (Å²) in [5, 5.41) is 9.01. The van der Waals surface area contributed by atoms with E-state index in [9.17, 15) is 12.8 Å². The van der Waals surface area contributed by atoms with Gasteiger partial charge in [-0.1, -0.05) is 22.9 Å². The number of hydrogen-bond acceptors (Lipinski definition) is 3. The van der Waals surface area contributed by atoms with Gasteiger partial charge in [-0.2, -0.15) is 0 Å². The third-order valence-electron chi connectivity index (χ3n) is 2.48. The molecule has 0 aromatic heterocycles. The SMILES string of the molecule is CCCN(C)S(=O)(=O)c1cc(Br)cc(CO)c1F. The van der Waals surface area contributed by atoms with E-state index in [-0.39, 0.29) is 5.56 Å². The maximum atomic E-state index is 14.0. The number of hydrogen-bond donors (Lipinski definition) is 1. The Morgan fingerprint density at radius 3 is 2.56 bits per heavy atom. The molecule has 1 aromatic rings. The van der Waals surface area contributed by atoms with Gasteiger partial charge >= 0.3 is 0 Å². The molecule has 0 fully saturated rings. The van der Waals surface area contributed by atoms with E-state index in [1.54, 1.807) is 0 Å². The largest absolute Gasteiger partial charge is 0.392 e. The van der Waals surface area contributed by atoms with E-state index in [4.69, 9.17) is 5.11 Å². The van der Waals surface area contributed by atoms with Gasteiger partial charge in [0, 0.05) is 23.6 Å². The average Bonchev–Trinajstić information content (AvgIpc) is 2.31. The second-order valence-electron chi connectivity index (χ2n) is 3.86. The van der Waals surface area contributed by atoms with Crippen molar-refractivity contribution in [1.29, 1.82) is 0 Å². The van der Waals surface area contributed by atoms with Crippen LogP contribution in [0.3, 0.4) is 0 Å². The molecule has 0 saturated heterocycles. The third-order valence-corrected chi connectivity index (χ3v) is 4.79. The Labute approximate surface area is 115 Å². The predicted octanol–water partition coefficient (Wildman–Crippen LogP) is 2.11. The molecule has 102 valence electrons. The van der Waals surface area contributed by atoms with Crippen LogP contribution in [0.5, 0.6) is 0 Å². The number of halogens is 2. The van der Waals surface area contributed by atoms with Gasteiger partial charge < -0.3 is 5.11 Å². The highest BCUT2D eigenvalue weighted by Gasteiger charge is 2.26. The Bertz CT molecular complexity index is 533. The smallest absolute Gasteiger partial charge is 0.245 e. The summed E-state index contributed by atoms with van der Waals surface area (Å²) >= 11 is 3.11. The topological polar surface area (TPSA) is 57.6 Å². The average molecular weight is 340 g/mol. The summed E-state index contributed by atoms with van der Waals surface area (Å²) in [5.74, 6) is -0.899. The molecule has 0 atom stereocenters. The predicted molar refractivity (Wildman–Crippen MR) is 70.1 cm³/mol. The maximum Gasteiger partial charge on any atom is 0.245 e. The minimum Gasteiger partial charge on any atom is -0.392 e. The fraction of sp³-hybridized carbons (Fsp3) is 0.455.